The molecule has 17 heavy (non-hydrogen) atoms. The number of hydrogen-bond donors (Lipinski definition) is 0. The van der Waals surface area contributed by atoms with E-state index in [9.17, 15) is 0 Å². The lowest BCUT2D eigenvalue weighted by Gasteiger charge is -2.18. The van der Waals surface area contributed by atoms with Crippen LogP contribution in [0, 0.1) is 0 Å². The van der Waals surface area contributed by atoms with Gasteiger partial charge >= 0.3 is 0 Å². The Morgan fingerprint density at radius 3 is 2.76 bits per heavy atom. The molecule has 0 saturated heterocycles. The summed E-state index contributed by atoms with van der Waals surface area (Å²) < 4.78 is 4.31. The van der Waals surface area contributed by atoms with E-state index in [1.807, 2.05) is 24.4 Å². The molecule has 0 saturated carbocycles. The van der Waals surface area contributed by atoms with Crippen LogP contribution >= 0.6 is 11.5 Å². The molecule has 5 heteroatoms. The van der Waals surface area contributed by atoms with Crippen LogP contribution in [0.25, 0.3) is 0 Å². The van der Waals surface area contributed by atoms with Crippen LogP contribution in [-0.4, -0.2) is 20.9 Å². The van der Waals surface area contributed by atoms with Gasteiger partial charge in [0.05, 0.1) is 12.2 Å². The van der Waals surface area contributed by atoms with Gasteiger partial charge < -0.3 is 4.90 Å². The molecule has 0 radical (unpaired) electrons. The average Bonchev–Trinajstić information content (AvgIpc) is 2.86. The SMILES string of the molecule is CCc1nsc(N(CC)Cc2ccccn2)n1. The lowest BCUT2D eigenvalue weighted by Crippen LogP contribution is -2.22. The van der Waals surface area contributed by atoms with Crippen molar-refractivity contribution in [3.8, 4) is 0 Å². The van der Waals surface area contributed by atoms with Gasteiger partial charge in [-0.2, -0.15) is 4.37 Å². The number of aryl methyl sites for hydroxylation is 1. The van der Waals surface area contributed by atoms with E-state index in [4.69, 9.17) is 0 Å². The normalized spacial score (nSPS) is 10.5. The van der Waals surface area contributed by atoms with Gasteiger partial charge in [0, 0.05) is 30.7 Å². The molecule has 2 heterocycles. The third-order valence-electron chi connectivity index (χ3n) is 2.50. The molecule has 0 N–H and O–H groups in total. The predicted octanol–water partition coefficient (Wildman–Crippen LogP) is 2.52. The molecule has 0 atom stereocenters. The number of aromatic nitrogens is 3. The van der Waals surface area contributed by atoms with E-state index in [-0.39, 0.29) is 0 Å². The molecule has 4 nitrogen and oxygen atoms in total. The highest BCUT2D eigenvalue weighted by atomic mass is 32.1. The molecule has 0 aromatic carbocycles. The van der Waals surface area contributed by atoms with E-state index in [2.05, 4.69) is 33.1 Å². The predicted molar refractivity (Wildman–Crippen MR) is 70.2 cm³/mol. The van der Waals surface area contributed by atoms with Crippen LogP contribution in [0.3, 0.4) is 0 Å². The second-order valence-corrected chi connectivity index (χ2v) is 4.41. The molecule has 0 amide bonds. The standard InChI is InChI=1S/C12H16N4S/c1-3-11-14-12(17-15-11)16(4-2)9-10-7-5-6-8-13-10/h5-8H,3-4,9H2,1-2H3. The summed E-state index contributed by atoms with van der Waals surface area (Å²) in [6, 6.07) is 5.97. The van der Waals surface area contributed by atoms with E-state index >= 15 is 0 Å². The summed E-state index contributed by atoms with van der Waals surface area (Å²) in [5, 5.41) is 0.981. The van der Waals surface area contributed by atoms with Crippen molar-refractivity contribution >= 4 is 16.7 Å². The van der Waals surface area contributed by atoms with Crippen LogP contribution in [0.15, 0.2) is 24.4 Å². The van der Waals surface area contributed by atoms with Gasteiger partial charge in [0.25, 0.3) is 0 Å². The minimum atomic E-state index is 0.787. The summed E-state index contributed by atoms with van der Waals surface area (Å²) in [5.74, 6) is 0.921. The van der Waals surface area contributed by atoms with E-state index < -0.39 is 0 Å². The quantitative estimate of drug-likeness (QED) is 0.815. The molecule has 0 bridgehead atoms. The van der Waals surface area contributed by atoms with Crippen molar-refractivity contribution in [2.75, 3.05) is 11.4 Å². The topological polar surface area (TPSA) is 41.9 Å². The molecular formula is C12H16N4S. The highest BCUT2D eigenvalue weighted by Gasteiger charge is 2.11. The van der Waals surface area contributed by atoms with Crippen molar-refractivity contribution in [1.29, 1.82) is 0 Å². The molecule has 0 unspecified atom stereocenters. The Hall–Kier alpha value is -1.49. The van der Waals surface area contributed by atoms with E-state index in [1.54, 1.807) is 0 Å². The number of rotatable bonds is 5. The van der Waals surface area contributed by atoms with Gasteiger partial charge in [0.1, 0.15) is 5.82 Å². The Morgan fingerprint density at radius 2 is 2.18 bits per heavy atom. The second-order valence-electron chi connectivity index (χ2n) is 3.68. The minimum Gasteiger partial charge on any atom is -0.341 e. The van der Waals surface area contributed by atoms with Gasteiger partial charge in [0.2, 0.25) is 5.13 Å². The van der Waals surface area contributed by atoms with Gasteiger partial charge in [-0.1, -0.05) is 13.0 Å². The number of hydrogen-bond acceptors (Lipinski definition) is 5. The maximum Gasteiger partial charge on any atom is 0.205 e. The molecule has 0 aliphatic heterocycles. The van der Waals surface area contributed by atoms with E-state index in [1.165, 1.54) is 11.5 Å². The lowest BCUT2D eigenvalue weighted by molar-refractivity contribution is 0.800. The highest BCUT2D eigenvalue weighted by molar-refractivity contribution is 7.09. The van der Waals surface area contributed by atoms with Crippen molar-refractivity contribution in [3.63, 3.8) is 0 Å². The number of nitrogens with zero attached hydrogens (tertiary/aromatic N) is 4. The second kappa shape index (κ2) is 5.72. The van der Waals surface area contributed by atoms with Crippen molar-refractivity contribution in [3.05, 3.63) is 35.9 Å². The Bertz CT molecular complexity index is 455. The highest BCUT2D eigenvalue weighted by Crippen LogP contribution is 2.19. The molecule has 0 aliphatic carbocycles. The van der Waals surface area contributed by atoms with Crippen molar-refractivity contribution in [2.45, 2.75) is 26.8 Å². The lowest BCUT2D eigenvalue weighted by atomic mass is 10.3. The molecule has 2 aromatic heterocycles. The summed E-state index contributed by atoms with van der Waals surface area (Å²) in [6.45, 7) is 5.89. The Labute approximate surface area is 106 Å². The van der Waals surface area contributed by atoms with Crippen LogP contribution in [0.1, 0.15) is 25.4 Å². The first-order valence-corrected chi connectivity index (χ1v) is 6.58. The minimum absolute atomic E-state index is 0.787. The zero-order valence-corrected chi connectivity index (χ0v) is 10.9. The fraction of sp³-hybridized carbons (Fsp3) is 0.417. The number of pyridine rings is 1. The first kappa shape index (κ1) is 12.0. The van der Waals surface area contributed by atoms with E-state index in [0.29, 0.717) is 0 Å². The van der Waals surface area contributed by atoms with Crippen LogP contribution in [0.5, 0.6) is 0 Å². The molecule has 0 spiro atoms. The maximum absolute atomic E-state index is 4.50. The zero-order valence-electron chi connectivity index (χ0n) is 10.1. The molecule has 2 rings (SSSR count). The summed E-state index contributed by atoms with van der Waals surface area (Å²) in [4.78, 5) is 11.0. The molecule has 0 fully saturated rings. The monoisotopic (exact) mass is 248 g/mol. The smallest absolute Gasteiger partial charge is 0.205 e. The summed E-state index contributed by atoms with van der Waals surface area (Å²) in [7, 11) is 0. The molecule has 0 aliphatic rings. The van der Waals surface area contributed by atoms with Crippen LogP contribution in [0.4, 0.5) is 5.13 Å². The Kier molecular flexibility index (Phi) is 4.03. The van der Waals surface area contributed by atoms with Gasteiger partial charge in [0.15, 0.2) is 0 Å². The summed E-state index contributed by atoms with van der Waals surface area (Å²) >= 11 is 1.46. The first-order valence-electron chi connectivity index (χ1n) is 5.81. The molecular weight excluding hydrogens is 232 g/mol. The fourth-order valence-corrected chi connectivity index (χ4v) is 2.33. The van der Waals surface area contributed by atoms with Crippen molar-refractivity contribution < 1.29 is 0 Å². The zero-order chi connectivity index (χ0) is 12.1. The summed E-state index contributed by atoms with van der Waals surface area (Å²) in [6.07, 6.45) is 2.71. The number of anilines is 1. The van der Waals surface area contributed by atoms with Crippen LogP contribution < -0.4 is 4.90 Å². The molecule has 90 valence electrons. The van der Waals surface area contributed by atoms with Crippen molar-refractivity contribution in [1.82, 2.24) is 14.3 Å². The van der Waals surface area contributed by atoms with Gasteiger partial charge in [-0.3, -0.25) is 4.98 Å². The van der Waals surface area contributed by atoms with Crippen LogP contribution in [0.2, 0.25) is 0 Å². The summed E-state index contributed by atoms with van der Waals surface area (Å²) in [5.41, 5.74) is 1.06. The van der Waals surface area contributed by atoms with Gasteiger partial charge in [-0.15, -0.1) is 0 Å². The maximum atomic E-state index is 4.50. The van der Waals surface area contributed by atoms with Crippen molar-refractivity contribution in [2.24, 2.45) is 0 Å². The first-order chi connectivity index (χ1) is 8.33. The Morgan fingerprint density at radius 1 is 1.29 bits per heavy atom. The third kappa shape index (κ3) is 3.00. The molecule has 2 aromatic rings. The largest absolute Gasteiger partial charge is 0.341 e. The van der Waals surface area contributed by atoms with Gasteiger partial charge in [-0.05, 0) is 19.1 Å². The average molecular weight is 248 g/mol. The van der Waals surface area contributed by atoms with Gasteiger partial charge in [-0.25, -0.2) is 4.98 Å². The third-order valence-corrected chi connectivity index (χ3v) is 3.32. The Balaban J connectivity index is 2.11. The fourth-order valence-electron chi connectivity index (χ4n) is 1.52. The van der Waals surface area contributed by atoms with Crippen LogP contribution in [-0.2, 0) is 13.0 Å². The van der Waals surface area contributed by atoms with E-state index in [0.717, 1.165) is 36.2 Å².